The number of hydrogen-bond donors (Lipinski definition) is 2. The zero-order valence-electron chi connectivity index (χ0n) is 20.9. The monoisotopic (exact) mass is 569 g/mol. The highest BCUT2D eigenvalue weighted by atomic mass is 35.5. The van der Waals surface area contributed by atoms with Crippen LogP contribution in [0.25, 0.3) is 6.08 Å². The third-order valence-corrected chi connectivity index (χ3v) is 7.02. The summed E-state index contributed by atoms with van der Waals surface area (Å²) in [4.78, 5) is 30.0. The Hall–Kier alpha value is -3.46. The number of amides is 2. The fraction of sp³-hybridized carbons (Fsp3) is 0.179. The van der Waals surface area contributed by atoms with Crippen LogP contribution in [0.5, 0.6) is 11.5 Å². The maximum Gasteiger partial charge on any atom is 0.264 e. The summed E-state index contributed by atoms with van der Waals surface area (Å²) < 4.78 is 11.4. The van der Waals surface area contributed by atoms with E-state index in [-0.39, 0.29) is 29.2 Å². The van der Waals surface area contributed by atoms with Gasteiger partial charge in [0.1, 0.15) is 0 Å². The number of rotatable bonds is 8. The Morgan fingerprint density at radius 3 is 2.58 bits per heavy atom. The van der Waals surface area contributed by atoms with E-state index in [0.29, 0.717) is 44.4 Å². The Bertz CT molecular complexity index is 1440. The Kier molecular flexibility index (Phi) is 8.99. The maximum atomic E-state index is 12.6. The minimum atomic E-state index is -0.334. The first-order chi connectivity index (χ1) is 18.2. The van der Waals surface area contributed by atoms with Crippen LogP contribution >= 0.6 is 35.0 Å². The van der Waals surface area contributed by atoms with E-state index in [4.69, 9.17) is 32.7 Å². The first kappa shape index (κ1) is 27.6. The normalized spacial score (nSPS) is 15.0. The molecule has 196 valence electrons. The van der Waals surface area contributed by atoms with E-state index in [2.05, 4.69) is 15.6 Å². The van der Waals surface area contributed by atoms with E-state index >= 15 is 0 Å². The smallest absolute Gasteiger partial charge is 0.264 e. The predicted molar refractivity (Wildman–Crippen MR) is 155 cm³/mol. The predicted octanol–water partition coefficient (Wildman–Crippen LogP) is 6.92. The summed E-state index contributed by atoms with van der Waals surface area (Å²) in [6.07, 6.45) is 1.69. The van der Waals surface area contributed by atoms with Crippen LogP contribution in [0.4, 0.5) is 11.4 Å². The molecule has 7 nitrogen and oxygen atoms in total. The van der Waals surface area contributed by atoms with Crippen LogP contribution in [0.3, 0.4) is 0 Å². The second kappa shape index (κ2) is 12.4. The Morgan fingerprint density at radius 2 is 1.84 bits per heavy atom. The van der Waals surface area contributed by atoms with Crippen molar-refractivity contribution in [2.24, 2.45) is 4.99 Å². The fourth-order valence-corrected chi connectivity index (χ4v) is 4.78. The summed E-state index contributed by atoms with van der Waals surface area (Å²) in [5.74, 6) is -0.00581. The standard InChI is InChI=1S/C28H25Cl2N3O4S/c1-4-36-23-13-18(12-21(30)26(23)37-15-25(34)31-19-10-8-16(2)9-11-19)14-24-27(35)33-28(38-24)32-22-7-5-6-20(29)17(22)3/h5-14H,4,15H2,1-3H3,(H,31,34)(H,32,33,35)/b24-14+. The molecule has 1 aliphatic heterocycles. The molecular formula is C28H25Cl2N3O4S. The number of nitrogens with one attached hydrogen (secondary N) is 2. The highest BCUT2D eigenvalue weighted by Gasteiger charge is 2.25. The van der Waals surface area contributed by atoms with Gasteiger partial charge in [-0.1, -0.05) is 47.0 Å². The average Bonchev–Trinajstić information content (AvgIpc) is 3.21. The lowest BCUT2D eigenvalue weighted by Gasteiger charge is -2.14. The zero-order chi connectivity index (χ0) is 27.2. The van der Waals surface area contributed by atoms with Crippen molar-refractivity contribution >= 4 is 69.4 Å². The van der Waals surface area contributed by atoms with Crippen molar-refractivity contribution in [3.63, 3.8) is 0 Å². The minimum absolute atomic E-state index is 0.247. The van der Waals surface area contributed by atoms with Crippen LogP contribution in [0.2, 0.25) is 10.0 Å². The van der Waals surface area contributed by atoms with Gasteiger partial charge in [0.2, 0.25) is 0 Å². The molecule has 0 radical (unpaired) electrons. The van der Waals surface area contributed by atoms with Gasteiger partial charge < -0.3 is 20.1 Å². The summed E-state index contributed by atoms with van der Waals surface area (Å²) >= 11 is 13.9. The van der Waals surface area contributed by atoms with Gasteiger partial charge in [0.15, 0.2) is 23.3 Å². The van der Waals surface area contributed by atoms with Crippen LogP contribution in [0.15, 0.2) is 64.5 Å². The molecule has 0 aliphatic carbocycles. The molecule has 1 saturated heterocycles. The zero-order valence-corrected chi connectivity index (χ0v) is 23.3. The number of ether oxygens (including phenoxy) is 2. The van der Waals surface area contributed by atoms with E-state index in [1.54, 1.807) is 30.3 Å². The molecule has 4 rings (SSSR count). The summed E-state index contributed by atoms with van der Waals surface area (Å²) in [6, 6.07) is 16.2. The molecule has 1 fully saturated rings. The molecule has 0 spiro atoms. The largest absolute Gasteiger partial charge is 0.490 e. The van der Waals surface area contributed by atoms with E-state index in [1.807, 2.05) is 51.1 Å². The number of carbonyl (C=O) groups is 2. The summed E-state index contributed by atoms with van der Waals surface area (Å²) in [7, 11) is 0. The molecule has 1 heterocycles. The topological polar surface area (TPSA) is 89.0 Å². The van der Waals surface area contributed by atoms with Gasteiger partial charge in [-0.05, 0) is 86.1 Å². The van der Waals surface area contributed by atoms with Crippen molar-refractivity contribution < 1.29 is 19.1 Å². The highest BCUT2D eigenvalue weighted by Crippen LogP contribution is 2.38. The molecule has 10 heteroatoms. The van der Waals surface area contributed by atoms with Gasteiger partial charge in [-0.15, -0.1) is 0 Å². The van der Waals surface area contributed by atoms with E-state index in [9.17, 15) is 9.59 Å². The Labute approximate surface area is 235 Å². The van der Waals surface area contributed by atoms with E-state index < -0.39 is 0 Å². The van der Waals surface area contributed by atoms with Gasteiger partial charge in [-0.2, -0.15) is 0 Å². The number of anilines is 1. The van der Waals surface area contributed by atoms with Gasteiger partial charge in [-0.3, -0.25) is 9.59 Å². The molecule has 0 bridgehead atoms. The van der Waals surface area contributed by atoms with Gasteiger partial charge in [0, 0.05) is 10.7 Å². The van der Waals surface area contributed by atoms with Crippen LogP contribution in [0.1, 0.15) is 23.6 Å². The summed E-state index contributed by atoms with van der Waals surface area (Å²) in [5, 5.41) is 6.85. The first-order valence-corrected chi connectivity index (χ1v) is 13.3. The third-order valence-electron chi connectivity index (χ3n) is 5.42. The second-order valence-corrected chi connectivity index (χ2v) is 10.2. The number of nitrogens with zero attached hydrogens (tertiary/aromatic N) is 1. The van der Waals surface area contributed by atoms with Crippen LogP contribution in [-0.4, -0.2) is 30.2 Å². The Balaban J connectivity index is 1.50. The Morgan fingerprint density at radius 1 is 1.08 bits per heavy atom. The SMILES string of the molecule is CCOc1cc(/C=C2/SC(=Nc3cccc(Cl)c3C)NC2=O)cc(Cl)c1OCC(=O)Nc1ccc(C)cc1. The van der Waals surface area contributed by atoms with Gasteiger partial charge in [-0.25, -0.2) is 4.99 Å². The fourth-order valence-electron chi connectivity index (χ4n) is 3.50. The molecule has 1 aliphatic rings. The molecule has 2 N–H and O–H groups in total. The van der Waals surface area contributed by atoms with Crippen molar-refractivity contribution in [2.75, 3.05) is 18.5 Å². The second-order valence-electron chi connectivity index (χ2n) is 8.33. The minimum Gasteiger partial charge on any atom is -0.490 e. The lowest BCUT2D eigenvalue weighted by molar-refractivity contribution is -0.118. The molecule has 3 aromatic rings. The lowest BCUT2D eigenvalue weighted by Crippen LogP contribution is -2.20. The molecule has 0 unspecified atom stereocenters. The van der Waals surface area contributed by atoms with E-state index in [0.717, 1.165) is 11.1 Å². The number of benzene rings is 3. The summed E-state index contributed by atoms with van der Waals surface area (Å²) in [5.41, 5.74) is 3.90. The average molecular weight is 570 g/mol. The first-order valence-electron chi connectivity index (χ1n) is 11.7. The lowest BCUT2D eigenvalue weighted by atomic mass is 10.2. The number of aliphatic imine (C=N–C) groups is 1. The third kappa shape index (κ3) is 6.89. The summed E-state index contributed by atoms with van der Waals surface area (Å²) in [6.45, 7) is 5.76. The molecule has 0 aromatic heterocycles. The number of aryl methyl sites for hydroxylation is 1. The van der Waals surface area contributed by atoms with Gasteiger partial charge in [0.05, 0.1) is 22.2 Å². The molecule has 0 atom stereocenters. The van der Waals surface area contributed by atoms with Crippen LogP contribution in [0, 0.1) is 13.8 Å². The van der Waals surface area contributed by atoms with Crippen molar-refractivity contribution in [3.05, 3.63) is 86.2 Å². The number of halogens is 2. The van der Waals surface area contributed by atoms with Crippen molar-refractivity contribution in [1.82, 2.24) is 5.32 Å². The number of amidine groups is 1. The quantitative estimate of drug-likeness (QED) is 0.287. The molecule has 3 aromatic carbocycles. The molecule has 0 saturated carbocycles. The maximum absolute atomic E-state index is 12.6. The number of thioether (sulfide) groups is 1. The molecule has 2 amide bonds. The molecule has 38 heavy (non-hydrogen) atoms. The highest BCUT2D eigenvalue weighted by molar-refractivity contribution is 8.18. The van der Waals surface area contributed by atoms with Crippen LogP contribution in [-0.2, 0) is 9.59 Å². The molecular weight excluding hydrogens is 545 g/mol. The van der Waals surface area contributed by atoms with Crippen molar-refractivity contribution in [3.8, 4) is 11.5 Å². The van der Waals surface area contributed by atoms with Gasteiger partial charge >= 0.3 is 0 Å². The number of hydrogen-bond acceptors (Lipinski definition) is 6. The van der Waals surface area contributed by atoms with E-state index in [1.165, 1.54) is 11.8 Å². The van der Waals surface area contributed by atoms with Crippen molar-refractivity contribution in [1.29, 1.82) is 0 Å². The van der Waals surface area contributed by atoms with Crippen LogP contribution < -0.4 is 20.1 Å². The number of carbonyl (C=O) groups excluding carboxylic acids is 2. The van der Waals surface area contributed by atoms with Crippen molar-refractivity contribution in [2.45, 2.75) is 20.8 Å². The van der Waals surface area contributed by atoms with Gasteiger partial charge in [0.25, 0.3) is 11.8 Å².